The van der Waals surface area contributed by atoms with E-state index in [9.17, 15) is 9.18 Å². The summed E-state index contributed by atoms with van der Waals surface area (Å²) in [5.41, 5.74) is 0.203. The van der Waals surface area contributed by atoms with Crippen LogP contribution >= 0.6 is 27.5 Å². The molecule has 1 aromatic heterocycles. The van der Waals surface area contributed by atoms with Crippen molar-refractivity contribution >= 4 is 33.3 Å². The second-order valence-corrected chi connectivity index (χ2v) is 5.26. The van der Waals surface area contributed by atoms with E-state index in [2.05, 4.69) is 21.0 Å². The van der Waals surface area contributed by atoms with Crippen molar-refractivity contribution in [2.75, 3.05) is 0 Å². The van der Waals surface area contributed by atoms with Gasteiger partial charge in [-0.15, -0.1) is 0 Å². The Balaban J connectivity index is 2.50. The summed E-state index contributed by atoms with van der Waals surface area (Å²) in [6, 6.07) is 4.58. The number of carbonyl (C=O) groups is 1. The van der Waals surface area contributed by atoms with Crippen LogP contribution in [0.15, 0.2) is 28.9 Å². The zero-order chi connectivity index (χ0) is 14.0. The minimum Gasteiger partial charge on any atom is -0.287 e. The SMILES string of the molecule is CCCn1ncc(Cl)c1C(=O)c1cccc(Br)c1F. The van der Waals surface area contributed by atoms with Crippen molar-refractivity contribution in [3.05, 3.63) is 51.0 Å². The highest BCUT2D eigenvalue weighted by molar-refractivity contribution is 9.10. The predicted octanol–water partition coefficient (Wildman–Crippen LogP) is 4.08. The molecule has 1 heterocycles. The highest BCUT2D eigenvalue weighted by Crippen LogP contribution is 2.24. The molecule has 0 saturated carbocycles. The van der Waals surface area contributed by atoms with Crippen molar-refractivity contribution in [3.8, 4) is 0 Å². The fraction of sp³-hybridized carbons (Fsp3) is 0.231. The molecule has 0 atom stereocenters. The minimum absolute atomic E-state index is 0.0193. The summed E-state index contributed by atoms with van der Waals surface area (Å²) in [7, 11) is 0. The first-order valence-corrected chi connectivity index (χ1v) is 6.93. The Bertz CT molecular complexity index is 627. The van der Waals surface area contributed by atoms with Gasteiger partial charge in [-0.05, 0) is 34.5 Å². The first-order chi connectivity index (χ1) is 9.06. The largest absolute Gasteiger partial charge is 0.287 e. The number of benzene rings is 1. The zero-order valence-electron chi connectivity index (χ0n) is 10.2. The number of carbonyl (C=O) groups excluding carboxylic acids is 1. The Morgan fingerprint density at radius 3 is 2.95 bits per heavy atom. The molecule has 0 spiro atoms. The maximum atomic E-state index is 14.0. The molecule has 6 heteroatoms. The molecule has 0 N–H and O–H groups in total. The van der Waals surface area contributed by atoms with Crippen LogP contribution in [0.3, 0.4) is 0 Å². The summed E-state index contributed by atoms with van der Waals surface area (Å²) >= 11 is 9.04. The van der Waals surface area contributed by atoms with Crippen LogP contribution in [0.4, 0.5) is 4.39 Å². The van der Waals surface area contributed by atoms with Crippen LogP contribution < -0.4 is 0 Å². The van der Waals surface area contributed by atoms with Crippen molar-refractivity contribution in [3.63, 3.8) is 0 Å². The summed E-state index contributed by atoms with van der Waals surface area (Å²) in [5.74, 6) is -1.05. The standard InChI is InChI=1S/C13H11BrClFN2O/c1-2-6-18-12(10(15)7-17-18)13(19)8-4-3-5-9(14)11(8)16/h3-5,7H,2,6H2,1H3. The first kappa shape index (κ1) is 14.2. The van der Waals surface area contributed by atoms with Gasteiger partial charge >= 0.3 is 0 Å². The van der Waals surface area contributed by atoms with E-state index in [-0.39, 0.29) is 20.8 Å². The van der Waals surface area contributed by atoms with Gasteiger partial charge in [0.05, 0.1) is 21.3 Å². The quantitative estimate of drug-likeness (QED) is 0.783. The molecule has 2 aromatic rings. The lowest BCUT2D eigenvalue weighted by Gasteiger charge is -2.07. The van der Waals surface area contributed by atoms with Gasteiger partial charge in [0.1, 0.15) is 11.5 Å². The van der Waals surface area contributed by atoms with E-state index < -0.39 is 11.6 Å². The number of aryl methyl sites for hydroxylation is 1. The van der Waals surface area contributed by atoms with E-state index in [1.807, 2.05) is 6.92 Å². The highest BCUT2D eigenvalue weighted by Gasteiger charge is 2.22. The van der Waals surface area contributed by atoms with Crippen LogP contribution in [0.1, 0.15) is 29.4 Å². The fourth-order valence-corrected chi connectivity index (χ4v) is 2.37. The molecule has 19 heavy (non-hydrogen) atoms. The van der Waals surface area contributed by atoms with Crippen molar-refractivity contribution in [2.45, 2.75) is 19.9 Å². The molecule has 0 bridgehead atoms. The molecule has 0 unspecified atom stereocenters. The van der Waals surface area contributed by atoms with E-state index in [1.54, 1.807) is 6.07 Å². The van der Waals surface area contributed by atoms with Gasteiger partial charge in [-0.1, -0.05) is 24.6 Å². The van der Waals surface area contributed by atoms with E-state index in [0.717, 1.165) is 6.42 Å². The van der Waals surface area contributed by atoms with Gasteiger partial charge in [-0.2, -0.15) is 5.10 Å². The van der Waals surface area contributed by atoms with Crippen LogP contribution in [0.25, 0.3) is 0 Å². The number of halogens is 3. The normalized spacial score (nSPS) is 10.7. The second-order valence-electron chi connectivity index (χ2n) is 3.99. The van der Waals surface area contributed by atoms with Crippen molar-refractivity contribution in [1.29, 1.82) is 0 Å². The third-order valence-electron chi connectivity index (χ3n) is 2.64. The number of ketones is 1. The molecule has 0 aliphatic rings. The molecule has 100 valence electrons. The Morgan fingerprint density at radius 2 is 2.26 bits per heavy atom. The van der Waals surface area contributed by atoms with E-state index in [4.69, 9.17) is 11.6 Å². The molecular formula is C13H11BrClFN2O. The predicted molar refractivity (Wildman–Crippen MR) is 75.1 cm³/mol. The number of hydrogen-bond acceptors (Lipinski definition) is 2. The molecule has 0 fully saturated rings. The number of nitrogens with zero attached hydrogens (tertiary/aromatic N) is 2. The number of hydrogen-bond donors (Lipinski definition) is 0. The minimum atomic E-state index is -0.590. The Kier molecular flexibility index (Phi) is 4.37. The molecular weight excluding hydrogens is 335 g/mol. The molecule has 3 nitrogen and oxygen atoms in total. The van der Waals surface area contributed by atoms with Gasteiger partial charge in [-0.25, -0.2) is 4.39 Å². The summed E-state index contributed by atoms with van der Waals surface area (Å²) in [6.45, 7) is 2.52. The van der Waals surface area contributed by atoms with Gasteiger partial charge in [-0.3, -0.25) is 9.48 Å². The number of aromatic nitrogens is 2. The van der Waals surface area contributed by atoms with Gasteiger partial charge in [0, 0.05) is 6.54 Å². The molecule has 0 aliphatic carbocycles. The average molecular weight is 346 g/mol. The van der Waals surface area contributed by atoms with E-state index >= 15 is 0 Å². The van der Waals surface area contributed by atoms with Gasteiger partial charge in [0.15, 0.2) is 0 Å². The summed E-state index contributed by atoms with van der Waals surface area (Å²) < 4.78 is 15.7. The second kappa shape index (κ2) is 5.84. The molecule has 0 radical (unpaired) electrons. The van der Waals surface area contributed by atoms with Crippen LogP contribution in [0.5, 0.6) is 0 Å². The maximum absolute atomic E-state index is 14.0. The summed E-state index contributed by atoms with van der Waals surface area (Å²) in [4.78, 5) is 12.4. The molecule has 1 aromatic carbocycles. The summed E-state index contributed by atoms with van der Waals surface area (Å²) in [6.07, 6.45) is 2.21. The average Bonchev–Trinajstić information content (AvgIpc) is 2.74. The molecule has 2 rings (SSSR count). The fourth-order valence-electron chi connectivity index (χ4n) is 1.78. The van der Waals surface area contributed by atoms with Crippen LogP contribution in [-0.2, 0) is 6.54 Å². The van der Waals surface area contributed by atoms with Gasteiger partial charge in [0.25, 0.3) is 0 Å². The third kappa shape index (κ3) is 2.72. The molecule has 0 amide bonds. The van der Waals surface area contributed by atoms with Crippen LogP contribution in [0.2, 0.25) is 5.02 Å². The third-order valence-corrected chi connectivity index (χ3v) is 3.53. The van der Waals surface area contributed by atoms with Crippen molar-refractivity contribution in [1.82, 2.24) is 9.78 Å². The van der Waals surface area contributed by atoms with Crippen LogP contribution in [0, 0.1) is 5.82 Å². The molecule has 0 aliphatic heterocycles. The lowest BCUT2D eigenvalue weighted by atomic mass is 10.1. The zero-order valence-corrected chi connectivity index (χ0v) is 12.5. The topological polar surface area (TPSA) is 34.9 Å². The van der Waals surface area contributed by atoms with E-state index in [0.29, 0.717) is 6.54 Å². The smallest absolute Gasteiger partial charge is 0.215 e. The van der Waals surface area contributed by atoms with Gasteiger partial charge in [0.2, 0.25) is 5.78 Å². The Labute approximate surface area is 123 Å². The Hall–Kier alpha value is -1.20. The van der Waals surface area contributed by atoms with E-state index in [1.165, 1.54) is 23.0 Å². The Morgan fingerprint density at radius 1 is 1.53 bits per heavy atom. The summed E-state index contributed by atoms with van der Waals surface area (Å²) in [5, 5.41) is 4.27. The number of rotatable bonds is 4. The van der Waals surface area contributed by atoms with Crippen molar-refractivity contribution in [2.24, 2.45) is 0 Å². The van der Waals surface area contributed by atoms with Crippen molar-refractivity contribution < 1.29 is 9.18 Å². The lowest BCUT2D eigenvalue weighted by Crippen LogP contribution is -2.13. The molecule has 0 saturated heterocycles. The monoisotopic (exact) mass is 344 g/mol. The first-order valence-electron chi connectivity index (χ1n) is 5.76. The lowest BCUT2D eigenvalue weighted by molar-refractivity contribution is 0.102. The highest BCUT2D eigenvalue weighted by atomic mass is 79.9. The maximum Gasteiger partial charge on any atom is 0.215 e. The van der Waals surface area contributed by atoms with Gasteiger partial charge < -0.3 is 0 Å². The van der Waals surface area contributed by atoms with Crippen LogP contribution in [-0.4, -0.2) is 15.6 Å².